The molecule has 0 aliphatic rings. The SMILES string of the molecule is Cc1cc(-c2nc3ccc(F)cc3n2C(C)C)ccc1N. The molecule has 0 fully saturated rings. The van der Waals surface area contributed by atoms with Crippen molar-refractivity contribution in [3.8, 4) is 11.4 Å². The van der Waals surface area contributed by atoms with Crippen LogP contribution in [0, 0.1) is 12.7 Å². The topological polar surface area (TPSA) is 43.8 Å². The van der Waals surface area contributed by atoms with Crippen molar-refractivity contribution in [1.82, 2.24) is 9.55 Å². The summed E-state index contributed by atoms with van der Waals surface area (Å²) in [5.74, 6) is 0.595. The predicted molar refractivity (Wildman–Crippen MR) is 84.7 cm³/mol. The van der Waals surface area contributed by atoms with Crippen molar-refractivity contribution in [2.24, 2.45) is 0 Å². The molecule has 108 valence electrons. The first-order chi connectivity index (χ1) is 9.97. The number of nitrogens with zero attached hydrogens (tertiary/aromatic N) is 2. The van der Waals surface area contributed by atoms with Gasteiger partial charge in [0.05, 0.1) is 11.0 Å². The largest absolute Gasteiger partial charge is 0.399 e. The summed E-state index contributed by atoms with van der Waals surface area (Å²) in [5.41, 5.74) is 10.3. The van der Waals surface area contributed by atoms with Crippen LogP contribution in [0.3, 0.4) is 0 Å². The van der Waals surface area contributed by atoms with Crippen LogP contribution in [0.4, 0.5) is 10.1 Å². The van der Waals surface area contributed by atoms with Crippen LogP contribution in [0.5, 0.6) is 0 Å². The van der Waals surface area contributed by atoms with Crippen molar-refractivity contribution in [2.75, 3.05) is 5.73 Å². The molecule has 4 heteroatoms. The standard InChI is InChI=1S/C17H18FN3/c1-10(2)21-16-9-13(18)5-7-15(16)20-17(21)12-4-6-14(19)11(3)8-12/h4-10H,19H2,1-3H3. The van der Waals surface area contributed by atoms with E-state index in [4.69, 9.17) is 5.73 Å². The molecule has 0 radical (unpaired) electrons. The van der Waals surface area contributed by atoms with Crippen LogP contribution < -0.4 is 5.73 Å². The molecule has 3 nitrogen and oxygen atoms in total. The fourth-order valence-electron chi connectivity index (χ4n) is 2.61. The van der Waals surface area contributed by atoms with Crippen LogP contribution in [0.25, 0.3) is 22.4 Å². The molecule has 21 heavy (non-hydrogen) atoms. The molecule has 2 N–H and O–H groups in total. The summed E-state index contributed by atoms with van der Waals surface area (Å²) in [5, 5.41) is 0. The molecular formula is C17H18FN3. The Bertz CT molecular complexity index is 818. The van der Waals surface area contributed by atoms with Gasteiger partial charge in [0.25, 0.3) is 0 Å². The average Bonchev–Trinajstić information content (AvgIpc) is 2.80. The number of benzene rings is 2. The third kappa shape index (κ3) is 2.27. The minimum absolute atomic E-state index is 0.185. The highest BCUT2D eigenvalue weighted by Gasteiger charge is 2.15. The van der Waals surface area contributed by atoms with Crippen LogP contribution in [0.1, 0.15) is 25.5 Å². The summed E-state index contributed by atoms with van der Waals surface area (Å²) >= 11 is 0. The van der Waals surface area contributed by atoms with Crippen molar-refractivity contribution >= 4 is 16.7 Å². The first-order valence-corrected chi connectivity index (χ1v) is 7.01. The lowest BCUT2D eigenvalue weighted by atomic mass is 10.1. The molecule has 1 heterocycles. The predicted octanol–water partition coefficient (Wildman–Crippen LogP) is 4.31. The molecule has 0 atom stereocenters. The van der Waals surface area contributed by atoms with Gasteiger partial charge in [0, 0.05) is 17.3 Å². The van der Waals surface area contributed by atoms with Gasteiger partial charge >= 0.3 is 0 Å². The number of hydrogen-bond donors (Lipinski definition) is 1. The van der Waals surface area contributed by atoms with Crippen molar-refractivity contribution in [1.29, 1.82) is 0 Å². The molecule has 0 saturated heterocycles. The highest BCUT2D eigenvalue weighted by atomic mass is 19.1. The fourth-order valence-corrected chi connectivity index (χ4v) is 2.61. The Balaban J connectivity index is 2.30. The highest BCUT2D eigenvalue weighted by molar-refractivity contribution is 5.81. The molecule has 0 bridgehead atoms. The molecule has 3 rings (SSSR count). The summed E-state index contributed by atoms with van der Waals surface area (Å²) in [7, 11) is 0. The minimum Gasteiger partial charge on any atom is -0.399 e. The first kappa shape index (κ1) is 13.6. The van der Waals surface area contributed by atoms with Gasteiger partial charge in [-0.25, -0.2) is 9.37 Å². The fraction of sp³-hybridized carbons (Fsp3) is 0.235. The number of rotatable bonds is 2. The van der Waals surface area contributed by atoms with E-state index in [0.717, 1.165) is 33.7 Å². The van der Waals surface area contributed by atoms with Crippen molar-refractivity contribution in [2.45, 2.75) is 26.8 Å². The summed E-state index contributed by atoms with van der Waals surface area (Å²) in [6, 6.07) is 10.7. The quantitative estimate of drug-likeness (QED) is 0.712. The molecule has 1 aromatic heterocycles. The number of anilines is 1. The van der Waals surface area contributed by atoms with Crippen LogP contribution in [0.15, 0.2) is 36.4 Å². The van der Waals surface area contributed by atoms with E-state index in [-0.39, 0.29) is 11.9 Å². The molecule has 3 aromatic rings. The summed E-state index contributed by atoms with van der Waals surface area (Å²) in [4.78, 5) is 4.67. The Kier molecular flexibility index (Phi) is 3.16. The van der Waals surface area contributed by atoms with Gasteiger partial charge < -0.3 is 10.3 Å². The minimum atomic E-state index is -0.246. The highest BCUT2D eigenvalue weighted by Crippen LogP contribution is 2.30. The monoisotopic (exact) mass is 283 g/mol. The Morgan fingerprint density at radius 2 is 1.90 bits per heavy atom. The molecule has 2 aromatic carbocycles. The van der Waals surface area contributed by atoms with Gasteiger partial charge in [-0.2, -0.15) is 0 Å². The maximum absolute atomic E-state index is 13.6. The lowest BCUT2D eigenvalue weighted by molar-refractivity contribution is 0.613. The van der Waals surface area contributed by atoms with Gasteiger partial charge in [0.1, 0.15) is 11.6 Å². The average molecular weight is 283 g/mol. The second kappa shape index (κ2) is 4.88. The number of aryl methyl sites for hydroxylation is 1. The summed E-state index contributed by atoms with van der Waals surface area (Å²) in [6.07, 6.45) is 0. The molecule has 0 spiro atoms. The van der Waals surface area contributed by atoms with Gasteiger partial charge in [0.2, 0.25) is 0 Å². The van der Waals surface area contributed by atoms with Gasteiger partial charge in [-0.05, 0) is 62.7 Å². The van der Waals surface area contributed by atoms with E-state index < -0.39 is 0 Å². The van der Waals surface area contributed by atoms with Crippen LogP contribution in [0.2, 0.25) is 0 Å². The summed E-state index contributed by atoms with van der Waals surface area (Å²) < 4.78 is 15.6. The number of aromatic nitrogens is 2. The van der Waals surface area contributed by atoms with E-state index >= 15 is 0 Å². The molecule has 0 amide bonds. The van der Waals surface area contributed by atoms with Gasteiger partial charge in [-0.1, -0.05) is 0 Å². The van der Waals surface area contributed by atoms with Crippen molar-refractivity contribution in [3.63, 3.8) is 0 Å². The Hall–Kier alpha value is -2.36. The lowest BCUT2D eigenvalue weighted by Crippen LogP contribution is -2.03. The maximum atomic E-state index is 13.6. The van der Waals surface area contributed by atoms with Gasteiger partial charge in [-0.15, -0.1) is 0 Å². The zero-order valence-corrected chi connectivity index (χ0v) is 12.4. The summed E-state index contributed by atoms with van der Waals surface area (Å²) in [6.45, 7) is 6.11. The van der Waals surface area contributed by atoms with E-state index in [0.29, 0.717) is 0 Å². The second-order valence-electron chi connectivity index (χ2n) is 5.60. The van der Waals surface area contributed by atoms with Crippen LogP contribution >= 0.6 is 0 Å². The van der Waals surface area contributed by atoms with Crippen LogP contribution in [-0.2, 0) is 0 Å². The number of nitrogen functional groups attached to an aromatic ring is 1. The van der Waals surface area contributed by atoms with Crippen molar-refractivity contribution < 1.29 is 4.39 Å². The Morgan fingerprint density at radius 3 is 2.57 bits per heavy atom. The molecule has 0 aliphatic heterocycles. The first-order valence-electron chi connectivity index (χ1n) is 7.01. The smallest absolute Gasteiger partial charge is 0.141 e. The molecule has 0 saturated carbocycles. The molecule has 0 unspecified atom stereocenters. The normalized spacial score (nSPS) is 11.5. The van der Waals surface area contributed by atoms with E-state index in [2.05, 4.69) is 23.4 Å². The third-order valence-corrected chi connectivity index (χ3v) is 3.70. The lowest BCUT2D eigenvalue weighted by Gasteiger charge is -2.14. The number of hydrogen-bond acceptors (Lipinski definition) is 2. The van der Waals surface area contributed by atoms with Crippen LogP contribution in [-0.4, -0.2) is 9.55 Å². The van der Waals surface area contributed by atoms with E-state index in [1.165, 1.54) is 12.1 Å². The number of halogens is 1. The Labute approximate surface area is 123 Å². The molecule has 0 aliphatic carbocycles. The number of imidazole rings is 1. The Morgan fingerprint density at radius 1 is 1.14 bits per heavy atom. The maximum Gasteiger partial charge on any atom is 0.141 e. The number of nitrogens with two attached hydrogens (primary N) is 1. The second-order valence-corrected chi connectivity index (χ2v) is 5.60. The third-order valence-electron chi connectivity index (χ3n) is 3.70. The van der Waals surface area contributed by atoms with E-state index in [1.807, 2.05) is 25.1 Å². The van der Waals surface area contributed by atoms with Crippen molar-refractivity contribution in [3.05, 3.63) is 47.8 Å². The van der Waals surface area contributed by atoms with E-state index in [9.17, 15) is 4.39 Å². The van der Waals surface area contributed by atoms with E-state index in [1.54, 1.807) is 6.07 Å². The number of fused-ring (bicyclic) bond motifs is 1. The molecular weight excluding hydrogens is 265 g/mol. The van der Waals surface area contributed by atoms with Gasteiger partial charge in [0.15, 0.2) is 0 Å². The van der Waals surface area contributed by atoms with Gasteiger partial charge in [-0.3, -0.25) is 0 Å². The zero-order valence-electron chi connectivity index (χ0n) is 12.4. The zero-order chi connectivity index (χ0) is 15.1.